The molecule has 1 saturated carbocycles. The van der Waals surface area contributed by atoms with Crippen molar-refractivity contribution in [1.82, 2.24) is 9.80 Å². The first-order valence-corrected chi connectivity index (χ1v) is 11.9. The van der Waals surface area contributed by atoms with Gasteiger partial charge in [-0.15, -0.1) is 0 Å². The Balaban J connectivity index is 1.48. The molecule has 8 heteroatoms. The number of anilines is 1. The van der Waals surface area contributed by atoms with Gasteiger partial charge in [0.05, 0.1) is 18.6 Å². The van der Waals surface area contributed by atoms with Crippen molar-refractivity contribution in [2.75, 3.05) is 38.2 Å². The Morgan fingerprint density at radius 3 is 2.27 bits per heavy atom. The van der Waals surface area contributed by atoms with E-state index in [1.807, 2.05) is 49.9 Å². The van der Waals surface area contributed by atoms with E-state index in [0.29, 0.717) is 26.2 Å². The van der Waals surface area contributed by atoms with Crippen molar-refractivity contribution in [3.63, 3.8) is 0 Å². The van der Waals surface area contributed by atoms with Crippen molar-refractivity contribution >= 4 is 23.8 Å². The number of esters is 1. The van der Waals surface area contributed by atoms with E-state index in [-0.39, 0.29) is 24.1 Å². The standard InChI is InChI=1S/C25H35N3O5/c1-24(2,3)33-23(31)26-14-15-27-20(16-26)17-28(22(27)30)19-10-8-18(9-11-19)25(21(29)32-4)12-6-5-7-13-25/h8-11,20H,5-7,12-17H2,1-4H3/t20-/m0/s1. The first-order chi connectivity index (χ1) is 15.6. The van der Waals surface area contributed by atoms with Gasteiger partial charge in [-0.3, -0.25) is 9.69 Å². The Morgan fingerprint density at radius 2 is 1.67 bits per heavy atom. The van der Waals surface area contributed by atoms with Crippen LogP contribution in [-0.2, 0) is 19.7 Å². The second-order valence-electron chi connectivity index (χ2n) is 10.3. The van der Waals surface area contributed by atoms with E-state index in [2.05, 4.69) is 0 Å². The smallest absolute Gasteiger partial charge is 0.410 e. The summed E-state index contributed by atoms with van der Waals surface area (Å²) < 4.78 is 10.7. The molecular formula is C25H35N3O5. The Bertz CT molecular complexity index is 902. The van der Waals surface area contributed by atoms with Crippen molar-refractivity contribution in [2.24, 2.45) is 0 Å². The molecule has 2 heterocycles. The number of hydrogen-bond donors (Lipinski definition) is 0. The average Bonchev–Trinajstić information content (AvgIpc) is 3.13. The van der Waals surface area contributed by atoms with Crippen LogP contribution < -0.4 is 4.90 Å². The van der Waals surface area contributed by atoms with Crippen LogP contribution in [-0.4, -0.2) is 72.8 Å². The molecule has 0 radical (unpaired) electrons. The van der Waals surface area contributed by atoms with E-state index < -0.39 is 11.0 Å². The number of nitrogens with zero attached hydrogens (tertiary/aromatic N) is 3. The molecule has 3 fully saturated rings. The molecule has 0 N–H and O–H groups in total. The van der Waals surface area contributed by atoms with Gasteiger partial charge in [0.25, 0.3) is 0 Å². The van der Waals surface area contributed by atoms with Crippen molar-refractivity contribution in [1.29, 1.82) is 0 Å². The average molecular weight is 458 g/mol. The number of fused-ring (bicyclic) bond motifs is 1. The lowest BCUT2D eigenvalue weighted by Crippen LogP contribution is -2.54. The van der Waals surface area contributed by atoms with Gasteiger partial charge in [-0.1, -0.05) is 31.4 Å². The van der Waals surface area contributed by atoms with Gasteiger partial charge in [-0.05, 0) is 51.3 Å². The minimum absolute atomic E-state index is 0.0445. The SMILES string of the molecule is COC(=O)C1(c2ccc(N3C[C@@H]4CN(C(=O)OC(C)(C)C)CCN4C3=O)cc2)CCCCC1. The Kier molecular flexibility index (Phi) is 6.29. The van der Waals surface area contributed by atoms with E-state index in [1.54, 1.807) is 9.80 Å². The molecule has 1 atom stereocenters. The molecule has 1 aromatic rings. The van der Waals surface area contributed by atoms with E-state index in [0.717, 1.165) is 43.4 Å². The van der Waals surface area contributed by atoms with Gasteiger partial charge in [0.15, 0.2) is 0 Å². The molecule has 3 amide bonds. The summed E-state index contributed by atoms with van der Waals surface area (Å²) in [5, 5.41) is 0. The normalized spacial score (nSPS) is 22.7. The summed E-state index contributed by atoms with van der Waals surface area (Å²) in [5.74, 6) is -0.174. The zero-order valence-electron chi connectivity index (χ0n) is 20.1. The van der Waals surface area contributed by atoms with Gasteiger partial charge in [0.2, 0.25) is 0 Å². The highest BCUT2D eigenvalue weighted by atomic mass is 16.6. The quantitative estimate of drug-likeness (QED) is 0.643. The fourth-order valence-electron chi connectivity index (χ4n) is 5.34. The number of hydrogen-bond acceptors (Lipinski definition) is 5. The van der Waals surface area contributed by atoms with Gasteiger partial charge >= 0.3 is 18.1 Å². The molecule has 0 spiro atoms. The fourth-order valence-corrected chi connectivity index (χ4v) is 5.34. The van der Waals surface area contributed by atoms with Crippen molar-refractivity contribution < 1.29 is 23.9 Å². The van der Waals surface area contributed by atoms with Crippen LogP contribution in [0.25, 0.3) is 0 Å². The van der Waals surface area contributed by atoms with Crippen LogP contribution in [0.3, 0.4) is 0 Å². The highest BCUT2D eigenvalue weighted by molar-refractivity contribution is 5.95. The molecule has 0 bridgehead atoms. The van der Waals surface area contributed by atoms with E-state index in [9.17, 15) is 14.4 Å². The summed E-state index contributed by atoms with van der Waals surface area (Å²) >= 11 is 0. The predicted molar refractivity (Wildman–Crippen MR) is 124 cm³/mol. The Hall–Kier alpha value is -2.77. The summed E-state index contributed by atoms with van der Waals surface area (Å²) in [5.41, 5.74) is 0.621. The summed E-state index contributed by atoms with van der Waals surface area (Å²) in [6.45, 7) is 7.48. The molecule has 8 nitrogen and oxygen atoms in total. The van der Waals surface area contributed by atoms with Gasteiger partial charge < -0.3 is 19.3 Å². The molecule has 3 aliphatic rings. The molecule has 2 aliphatic heterocycles. The number of rotatable bonds is 3. The van der Waals surface area contributed by atoms with Crippen LogP contribution in [0, 0.1) is 0 Å². The highest BCUT2D eigenvalue weighted by Crippen LogP contribution is 2.41. The number of carbonyl (C=O) groups excluding carboxylic acids is 3. The number of ether oxygens (including phenoxy) is 2. The number of urea groups is 1. The van der Waals surface area contributed by atoms with Crippen LogP contribution in [0.2, 0.25) is 0 Å². The molecule has 0 unspecified atom stereocenters. The van der Waals surface area contributed by atoms with E-state index in [1.165, 1.54) is 7.11 Å². The van der Waals surface area contributed by atoms with Gasteiger partial charge in [-0.2, -0.15) is 0 Å². The summed E-state index contributed by atoms with van der Waals surface area (Å²) in [7, 11) is 1.45. The maximum Gasteiger partial charge on any atom is 0.410 e. The maximum atomic E-state index is 13.1. The third kappa shape index (κ3) is 4.52. The second-order valence-corrected chi connectivity index (χ2v) is 10.3. The van der Waals surface area contributed by atoms with Crippen molar-refractivity contribution in [3.8, 4) is 0 Å². The zero-order chi connectivity index (χ0) is 23.8. The first-order valence-electron chi connectivity index (χ1n) is 11.9. The number of benzene rings is 1. The minimum Gasteiger partial charge on any atom is -0.468 e. The number of amides is 3. The molecule has 2 saturated heterocycles. The van der Waals surface area contributed by atoms with E-state index in [4.69, 9.17) is 9.47 Å². The lowest BCUT2D eigenvalue weighted by Gasteiger charge is -2.36. The highest BCUT2D eigenvalue weighted by Gasteiger charge is 2.44. The number of carbonyl (C=O) groups is 3. The minimum atomic E-state index is -0.591. The Morgan fingerprint density at radius 1 is 1.00 bits per heavy atom. The van der Waals surface area contributed by atoms with Crippen molar-refractivity contribution in [2.45, 2.75) is 69.9 Å². The zero-order valence-corrected chi connectivity index (χ0v) is 20.1. The topological polar surface area (TPSA) is 79.4 Å². The maximum absolute atomic E-state index is 13.1. The monoisotopic (exact) mass is 457 g/mol. The molecule has 33 heavy (non-hydrogen) atoms. The molecule has 4 rings (SSSR count). The Labute approximate surface area is 195 Å². The lowest BCUT2D eigenvalue weighted by molar-refractivity contribution is -0.149. The van der Waals surface area contributed by atoms with Crippen LogP contribution in [0.15, 0.2) is 24.3 Å². The van der Waals surface area contributed by atoms with E-state index >= 15 is 0 Å². The third-order valence-corrected chi connectivity index (χ3v) is 7.02. The molecule has 1 aromatic carbocycles. The van der Waals surface area contributed by atoms with Gasteiger partial charge in [0.1, 0.15) is 5.60 Å². The van der Waals surface area contributed by atoms with Crippen molar-refractivity contribution in [3.05, 3.63) is 29.8 Å². The predicted octanol–water partition coefficient (Wildman–Crippen LogP) is 3.92. The van der Waals surface area contributed by atoms with Gasteiger partial charge in [0, 0.05) is 31.9 Å². The van der Waals surface area contributed by atoms with Gasteiger partial charge in [-0.25, -0.2) is 9.59 Å². The summed E-state index contributed by atoms with van der Waals surface area (Å²) in [6, 6.07) is 7.67. The number of piperazine rings is 1. The molecular weight excluding hydrogens is 422 g/mol. The van der Waals surface area contributed by atoms with Crippen LogP contribution in [0.4, 0.5) is 15.3 Å². The number of methoxy groups -OCH3 is 1. The molecule has 180 valence electrons. The van der Waals surface area contributed by atoms with Crippen LogP contribution in [0.5, 0.6) is 0 Å². The molecule has 0 aromatic heterocycles. The summed E-state index contributed by atoms with van der Waals surface area (Å²) in [6.07, 6.45) is 4.39. The third-order valence-electron chi connectivity index (χ3n) is 7.02. The second kappa shape index (κ2) is 8.88. The fraction of sp³-hybridized carbons (Fsp3) is 0.640. The lowest BCUT2D eigenvalue weighted by atomic mass is 9.69. The van der Waals surface area contributed by atoms with Crippen LogP contribution in [0.1, 0.15) is 58.4 Å². The van der Waals surface area contributed by atoms with Crippen LogP contribution >= 0.6 is 0 Å². The summed E-state index contributed by atoms with van der Waals surface area (Å²) in [4.78, 5) is 43.6. The molecule has 1 aliphatic carbocycles. The first kappa shape index (κ1) is 23.4. The largest absolute Gasteiger partial charge is 0.468 e.